The topological polar surface area (TPSA) is 77.8 Å². The zero-order chi connectivity index (χ0) is 9.56. The van der Waals surface area contributed by atoms with Crippen molar-refractivity contribution >= 4 is 63.6 Å². The molecule has 0 rings (SSSR count). The molecule has 0 aromatic rings. The second-order valence-corrected chi connectivity index (χ2v) is 2.42. The molecule has 0 atom stereocenters. The first kappa shape index (κ1) is 15.8. The van der Waals surface area contributed by atoms with Gasteiger partial charge in [0.1, 0.15) is 0 Å². The molecule has 13 heavy (non-hydrogen) atoms. The number of hydrogen-bond acceptors (Lipinski definition) is 2. The number of rotatable bonds is 4. The number of amides is 2. The quantitative estimate of drug-likeness (QED) is 0.548. The fourth-order valence-corrected chi connectivity index (χ4v) is 0.793. The van der Waals surface area contributed by atoms with Crippen molar-refractivity contribution in [1.29, 1.82) is 0 Å². The van der Waals surface area contributed by atoms with Crippen molar-refractivity contribution in [2.75, 3.05) is 6.54 Å². The maximum Gasteiger partial charge on any atom is 0.416 e. The van der Waals surface area contributed by atoms with Gasteiger partial charge in [0.15, 0.2) is 0 Å². The Hall–Kier alpha value is 0.376. The van der Waals surface area contributed by atoms with Crippen LogP contribution in [0.15, 0.2) is 0 Å². The number of imide groups is 1. The predicted molar refractivity (Wildman–Crippen MR) is 48.0 cm³/mol. The molecule has 0 aromatic carbocycles. The second-order valence-electron chi connectivity index (χ2n) is 2.42. The summed E-state index contributed by atoms with van der Waals surface area (Å²) in [7, 11) is 0. The molecule has 2 amide bonds. The van der Waals surface area contributed by atoms with E-state index in [1.807, 2.05) is 6.92 Å². The van der Waals surface area contributed by atoms with E-state index in [2.05, 4.69) is 0 Å². The molecule has 0 spiro atoms. The third-order valence-corrected chi connectivity index (χ3v) is 1.45. The molecular formula is C7H13KNO4. The van der Waals surface area contributed by atoms with Gasteiger partial charge in [0.25, 0.3) is 0 Å². The number of carboxylic acid groups (broad SMARTS) is 2. The fourth-order valence-electron chi connectivity index (χ4n) is 0.793. The van der Waals surface area contributed by atoms with Gasteiger partial charge in [0.05, 0.1) is 0 Å². The maximum absolute atomic E-state index is 10.3. The average molecular weight is 214 g/mol. The van der Waals surface area contributed by atoms with Crippen LogP contribution < -0.4 is 0 Å². The van der Waals surface area contributed by atoms with Crippen LogP contribution in [0.25, 0.3) is 0 Å². The Kier molecular flexibility index (Phi) is 10.9. The van der Waals surface area contributed by atoms with Gasteiger partial charge >= 0.3 is 12.2 Å². The van der Waals surface area contributed by atoms with Crippen molar-refractivity contribution in [3.63, 3.8) is 0 Å². The van der Waals surface area contributed by atoms with Crippen molar-refractivity contribution in [2.45, 2.75) is 26.2 Å². The first-order valence-corrected chi connectivity index (χ1v) is 3.83. The third-order valence-electron chi connectivity index (χ3n) is 1.45. The monoisotopic (exact) mass is 214 g/mol. The van der Waals surface area contributed by atoms with Crippen LogP contribution in [0.2, 0.25) is 0 Å². The van der Waals surface area contributed by atoms with Crippen LogP contribution in [0.4, 0.5) is 9.59 Å². The molecule has 0 unspecified atom stereocenters. The Balaban J connectivity index is 0. The molecule has 0 aliphatic heterocycles. The molecule has 0 aliphatic carbocycles. The summed E-state index contributed by atoms with van der Waals surface area (Å²) in [4.78, 5) is 21.0. The van der Waals surface area contributed by atoms with Crippen molar-refractivity contribution in [2.24, 2.45) is 0 Å². The standard InChI is InChI=1S/C7H13NO4.K/c1-2-3-4-5-8(6(9)10)7(11)12;/h2-5H2,1H3,(H,9,10)(H,11,12);. The van der Waals surface area contributed by atoms with Gasteiger partial charge < -0.3 is 10.2 Å². The summed E-state index contributed by atoms with van der Waals surface area (Å²) < 4.78 is 0. The first-order chi connectivity index (χ1) is 5.59. The Bertz CT molecular complexity index is 160. The van der Waals surface area contributed by atoms with E-state index >= 15 is 0 Å². The van der Waals surface area contributed by atoms with Crippen LogP contribution in [0.5, 0.6) is 0 Å². The van der Waals surface area contributed by atoms with Crippen molar-refractivity contribution in [3.05, 3.63) is 0 Å². The van der Waals surface area contributed by atoms with E-state index in [9.17, 15) is 9.59 Å². The summed E-state index contributed by atoms with van der Waals surface area (Å²) in [6.45, 7) is 2.03. The number of hydrogen-bond donors (Lipinski definition) is 2. The van der Waals surface area contributed by atoms with E-state index in [0.717, 1.165) is 12.8 Å². The van der Waals surface area contributed by atoms with E-state index in [1.54, 1.807) is 0 Å². The van der Waals surface area contributed by atoms with Crippen LogP contribution in [0.1, 0.15) is 26.2 Å². The summed E-state index contributed by atoms with van der Waals surface area (Å²) in [6.07, 6.45) is -0.434. The molecule has 71 valence electrons. The zero-order valence-electron chi connectivity index (χ0n) is 7.99. The van der Waals surface area contributed by atoms with Crippen molar-refractivity contribution in [1.82, 2.24) is 4.90 Å². The molecule has 5 nitrogen and oxygen atoms in total. The summed E-state index contributed by atoms with van der Waals surface area (Å²) in [5.41, 5.74) is 0. The molecule has 0 bridgehead atoms. The molecule has 0 saturated heterocycles. The summed E-state index contributed by atoms with van der Waals surface area (Å²) in [5, 5.41) is 16.8. The number of nitrogens with zero attached hydrogens (tertiary/aromatic N) is 1. The fraction of sp³-hybridized carbons (Fsp3) is 0.714. The number of carbonyl (C=O) groups is 2. The molecule has 0 aromatic heterocycles. The van der Waals surface area contributed by atoms with Gasteiger partial charge in [-0.2, -0.15) is 0 Å². The summed E-state index contributed by atoms with van der Waals surface area (Å²) >= 11 is 0. The Morgan fingerprint density at radius 3 is 1.92 bits per heavy atom. The largest absolute Gasteiger partial charge is 0.465 e. The number of unbranched alkanes of at least 4 members (excludes halogenated alkanes) is 2. The van der Waals surface area contributed by atoms with Crippen LogP contribution in [-0.4, -0.2) is 85.2 Å². The minimum absolute atomic E-state index is 0. The van der Waals surface area contributed by atoms with Crippen LogP contribution in [-0.2, 0) is 0 Å². The van der Waals surface area contributed by atoms with Gasteiger partial charge in [0, 0.05) is 57.9 Å². The van der Waals surface area contributed by atoms with Crippen molar-refractivity contribution < 1.29 is 19.8 Å². The van der Waals surface area contributed by atoms with E-state index < -0.39 is 12.2 Å². The Labute approximate surface area is 120 Å². The van der Waals surface area contributed by atoms with Gasteiger partial charge in [-0.25, -0.2) is 14.5 Å². The van der Waals surface area contributed by atoms with E-state index in [1.165, 1.54) is 0 Å². The zero-order valence-corrected chi connectivity index (χ0v) is 11.1. The van der Waals surface area contributed by atoms with Gasteiger partial charge in [0.2, 0.25) is 0 Å². The van der Waals surface area contributed by atoms with Crippen molar-refractivity contribution in [3.8, 4) is 0 Å². The maximum atomic E-state index is 10.3. The molecule has 0 fully saturated rings. The van der Waals surface area contributed by atoms with Gasteiger partial charge in [-0.15, -0.1) is 0 Å². The molecule has 1 radical (unpaired) electrons. The summed E-state index contributed by atoms with van der Waals surface area (Å²) in [6, 6.07) is 0. The summed E-state index contributed by atoms with van der Waals surface area (Å²) in [5.74, 6) is 0. The normalized spacial score (nSPS) is 8.69. The van der Waals surface area contributed by atoms with Crippen LogP contribution in [0.3, 0.4) is 0 Å². The van der Waals surface area contributed by atoms with E-state index in [4.69, 9.17) is 10.2 Å². The van der Waals surface area contributed by atoms with E-state index in [-0.39, 0.29) is 57.9 Å². The SMILES string of the molecule is CCCCCN(C(=O)O)C(=O)O.[K]. The Morgan fingerprint density at radius 2 is 1.62 bits per heavy atom. The van der Waals surface area contributed by atoms with Crippen LogP contribution in [0, 0.1) is 0 Å². The van der Waals surface area contributed by atoms with Gasteiger partial charge in [-0.1, -0.05) is 19.8 Å². The molecule has 0 saturated carbocycles. The average Bonchev–Trinajstić information content (AvgIpc) is 1.96. The molecule has 6 heteroatoms. The van der Waals surface area contributed by atoms with Gasteiger partial charge in [-0.05, 0) is 6.42 Å². The minimum Gasteiger partial charge on any atom is -0.465 e. The third kappa shape index (κ3) is 7.45. The predicted octanol–water partition coefficient (Wildman–Crippen LogP) is 1.45. The minimum atomic E-state index is -1.40. The molecule has 2 N–H and O–H groups in total. The second kappa shape index (κ2) is 8.95. The van der Waals surface area contributed by atoms with E-state index in [0.29, 0.717) is 11.3 Å². The van der Waals surface area contributed by atoms with Crippen LogP contribution >= 0.6 is 0 Å². The molecular weight excluding hydrogens is 201 g/mol. The molecule has 0 heterocycles. The Morgan fingerprint density at radius 1 is 1.15 bits per heavy atom. The smallest absolute Gasteiger partial charge is 0.416 e. The van der Waals surface area contributed by atoms with Gasteiger partial charge in [-0.3, -0.25) is 0 Å². The first-order valence-electron chi connectivity index (χ1n) is 3.83. The molecule has 0 aliphatic rings.